The van der Waals surface area contributed by atoms with Crippen molar-refractivity contribution in [3.63, 3.8) is 0 Å². The van der Waals surface area contributed by atoms with Crippen LogP contribution in [-0.2, 0) is 9.53 Å². The fraction of sp³-hybridized carbons (Fsp3) is 0.889. The predicted molar refractivity (Wildman–Crippen MR) is 45.0 cm³/mol. The van der Waals surface area contributed by atoms with E-state index in [2.05, 4.69) is 0 Å². The maximum Gasteiger partial charge on any atom is 0.303 e. The summed E-state index contributed by atoms with van der Waals surface area (Å²) in [6, 6.07) is 0. The Morgan fingerprint density at radius 2 is 2.33 bits per heavy atom. The standard InChI is InChI=1S/C9H16O3/c1-12-8-4-2-3-7(5-8)6-9(10)11/h7-8H,2-6H2,1H3,(H,10,11)/t7-,8-/m1/s1. The van der Waals surface area contributed by atoms with Crippen LogP contribution in [0, 0.1) is 5.92 Å². The molecule has 0 amide bonds. The zero-order valence-electron chi connectivity index (χ0n) is 7.45. The van der Waals surface area contributed by atoms with Crippen molar-refractivity contribution in [2.75, 3.05) is 7.11 Å². The number of hydrogen-bond donors (Lipinski definition) is 1. The Labute approximate surface area is 72.7 Å². The van der Waals surface area contributed by atoms with Crippen molar-refractivity contribution in [2.45, 2.75) is 38.2 Å². The van der Waals surface area contributed by atoms with Crippen LogP contribution in [0.3, 0.4) is 0 Å². The van der Waals surface area contributed by atoms with Crippen molar-refractivity contribution >= 4 is 5.97 Å². The van der Waals surface area contributed by atoms with Crippen LogP contribution < -0.4 is 0 Å². The molecule has 1 saturated carbocycles. The molecule has 1 rings (SSSR count). The highest BCUT2D eigenvalue weighted by Crippen LogP contribution is 2.28. The molecule has 0 saturated heterocycles. The van der Waals surface area contributed by atoms with E-state index in [0.29, 0.717) is 18.4 Å². The monoisotopic (exact) mass is 172 g/mol. The van der Waals surface area contributed by atoms with Gasteiger partial charge in [0.05, 0.1) is 6.10 Å². The number of hydrogen-bond acceptors (Lipinski definition) is 2. The lowest BCUT2D eigenvalue weighted by atomic mass is 9.85. The van der Waals surface area contributed by atoms with Crippen molar-refractivity contribution in [3.8, 4) is 0 Å². The molecule has 0 bridgehead atoms. The molecule has 0 aromatic carbocycles. The number of carboxylic acids is 1. The second kappa shape index (κ2) is 4.45. The van der Waals surface area contributed by atoms with Gasteiger partial charge < -0.3 is 9.84 Å². The van der Waals surface area contributed by atoms with E-state index in [1.807, 2.05) is 0 Å². The Balaban J connectivity index is 2.30. The van der Waals surface area contributed by atoms with Gasteiger partial charge in [-0.3, -0.25) is 4.79 Å². The second-order valence-corrected chi connectivity index (χ2v) is 3.49. The number of aliphatic carboxylic acids is 1. The molecule has 1 aliphatic rings. The fourth-order valence-corrected chi connectivity index (χ4v) is 1.89. The molecule has 2 atom stereocenters. The van der Waals surface area contributed by atoms with E-state index in [-0.39, 0.29) is 0 Å². The topological polar surface area (TPSA) is 46.5 Å². The summed E-state index contributed by atoms with van der Waals surface area (Å²) in [5.74, 6) is -0.349. The van der Waals surface area contributed by atoms with E-state index >= 15 is 0 Å². The third-order valence-corrected chi connectivity index (χ3v) is 2.53. The van der Waals surface area contributed by atoms with Crippen LogP contribution in [0.4, 0.5) is 0 Å². The minimum Gasteiger partial charge on any atom is -0.481 e. The first-order valence-corrected chi connectivity index (χ1v) is 4.47. The summed E-state index contributed by atoms with van der Waals surface area (Å²) in [7, 11) is 1.70. The van der Waals surface area contributed by atoms with Crippen LogP contribution in [-0.4, -0.2) is 24.3 Å². The maximum absolute atomic E-state index is 10.4. The van der Waals surface area contributed by atoms with E-state index in [1.165, 1.54) is 0 Å². The molecule has 0 aromatic rings. The second-order valence-electron chi connectivity index (χ2n) is 3.49. The summed E-state index contributed by atoms with van der Waals surface area (Å²) in [5.41, 5.74) is 0. The van der Waals surface area contributed by atoms with Crippen molar-refractivity contribution < 1.29 is 14.6 Å². The van der Waals surface area contributed by atoms with Gasteiger partial charge in [0, 0.05) is 13.5 Å². The minimum atomic E-state index is -0.684. The quantitative estimate of drug-likeness (QED) is 0.704. The van der Waals surface area contributed by atoms with Gasteiger partial charge in [-0.2, -0.15) is 0 Å². The van der Waals surface area contributed by atoms with Gasteiger partial charge in [0.15, 0.2) is 0 Å². The van der Waals surface area contributed by atoms with Gasteiger partial charge >= 0.3 is 5.97 Å². The molecule has 70 valence electrons. The summed E-state index contributed by atoms with van der Waals surface area (Å²) in [6.07, 6.45) is 4.76. The highest BCUT2D eigenvalue weighted by molar-refractivity contribution is 5.67. The van der Waals surface area contributed by atoms with Crippen molar-refractivity contribution in [1.29, 1.82) is 0 Å². The molecule has 12 heavy (non-hydrogen) atoms. The Hall–Kier alpha value is -0.570. The molecule has 3 nitrogen and oxygen atoms in total. The third-order valence-electron chi connectivity index (χ3n) is 2.53. The zero-order valence-corrected chi connectivity index (χ0v) is 7.45. The molecule has 3 heteroatoms. The Morgan fingerprint density at radius 1 is 1.58 bits per heavy atom. The Morgan fingerprint density at radius 3 is 2.92 bits per heavy atom. The first-order chi connectivity index (χ1) is 5.72. The first kappa shape index (κ1) is 9.52. The van der Waals surface area contributed by atoms with Crippen LogP contribution >= 0.6 is 0 Å². The van der Waals surface area contributed by atoms with Crippen LogP contribution in [0.25, 0.3) is 0 Å². The van der Waals surface area contributed by atoms with Crippen LogP contribution in [0.5, 0.6) is 0 Å². The highest BCUT2D eigenvalue weighted by Gasteiger charge is 2.23. The molecule has 0 aromatic heterocycles. The van der Waals surface area contributed by atoms with Gasteiger partial charge in [0.25, 0.3) is 0 Å². The average Bonchev–Trinajstić information content (AvgIpc) is 2.03. The van der Waals surface area contributed by atoms with E-state index in [9.17, 15) is 4.79 Å². The smallest absolute Gasteiger partial charge is 0.303 e. The Bertz CT molecular complexity index is 156. The molecule has 0 spiro atoms. The largest absolute Gasteiger partial charge is 0.481 e. The number of ether oxygens (including phenoxy) is 1. The normalized spacial score (nSPS) is 30.1. The van der Waals surface area contributed by atoms with Crippen molar-refractivity contribution in [2.24, 2.45) is 5.92 Å². The van der Waals surface area contributed by atoms with E-state index in [1.54, 1.807) is 7.11 Å². The highest BCUT2D eigenvalue weighted by atomic mass is 16.5. The lowest BCUT2D eigenvalue weighted by molar-refractivity contribution is -0.138. The third kappa shape index (κ3) is 2.81. The zero-order chi connectivity index (χ0) is 8.97. The van der Waals surface area contributed by atoms with Crippen LogP contribution in [0.15, 0.2) is 0 Å². The molecule has 1 fully saturated rings. The van der Waals surface area contributed by atoms with E-state index in [0.717, 1.165) is 25.7 Å². The molecule has 0 unspecified atom stereocenters. The van der Waals surface area contributed by atoms with Gasteiger partial charge in [-0.05, 0) is 25.2 Å². The molecule has 0 aliphatic heterocycles. The predicted octanol–water partition coefficient (Wildman–Crippen LogP) is 1.67. The SMILES string of the molecule is CO[C@@H]1CCC[C@@H](CC(=O)O)C1. The summed E-state index contributed by atoms with van der Waals surface area (Å²) in [4.78, 5) is 10.4. The maximum atomic E-state index is 10.4. The first-order valence-electron chi connectivity index (χ1n) is 4.47. The van der Waals surface area contributed by atoms with Crippen LogP contribution in [0.1, 0.15) is 32.1 Å². The van der Waals surface area contributed by atoms with Crippen molar-refractivity contribution in [3.05, 3.63) is 0 Å². The minimum absolute atomic E-state index is 0.295. The summed E-state index contributed by atoms with van der Waals surface area (Å²) in [5, 5.41) is 8.58. The lowest BCUT2D eigenvalue weighted by Crippen LogP contribution is -2.23. The summed E-state index contributed by atoms with van der Waals surface area (Å²) < 4.78 is 5.21. The fourth-order valence-electron chi connectivity index (χ4n) is 1.89. The van der Waals surface area contributed by atoms with Crippen LogP contribution in [0.2, 0.25) is 0 Å². The molecular formula is C9H16O3. The number of carboxylic acid groups (broad SMARTS) is 1. The van der Waals surface area contributed by atoms with E-state index in [4.69, 9.17) is 9.84 Å². The van der Waals surface area contributed by atoms with Gasteiger partial charge in [-0.15, -0.1) is 0 Å². The molecule has 1 aliphatic carbocycles. The lowest BCUT2D eigenvalue weighted by Gasteiger charge is -2.26. The van der Waals surface area contributed by atoms with Gasteiger partial charge in [0.2, 0.25) is 0 Å². The molecule has 0 heterocycles. The Kier molecular flexibility index (Phi) is 3.53. The number of rotatable bonds is 3. The molecule has 1 N–H and O–H groups in total. The number of carbonyl (C=O) groups is 1. The average molecular weight is 172 g/mol. The molecule has 0 radical (unpaired) electrons. The van der Waals surface area contributed by atoms with Gasteiger partial charge in [-0.1, -0.05) is 6.42 Å². The molecular weight excluding hydrogens is 156 g/mol. The number of methoxy groups -OCH3 is 1. The van der Waals surface area contributed by atoms with Gasteiger partial charge in [-0.25, -0.2) is 0 Å². The van der Waals surface area contributed by atoms with Gasteiger partial charge in [0.1, 0.15) is 0 Å². The van der Waals surface area contributed by atoms with E-state index < -0.39 is 5.97 Å². The summed E-state index contributed by atoms with van der Waals surface area (Å²) in [6.45, 7) is 0. The summed E-state index contributed by atoms with van der Waals surface area (Å²) >= 11 is 0. The van der Waals surface area contributed by atoms with Crippen molar-refractivity contribution in [1.82, 2.24) is 0 Å².